The second kappa shape index (κ2) is 10.4. The molecule has 2 saturated heterocycles. The van der Waals surface area contributed by atoms with Crippen molar-refractivity contribution in [2.45, 2.75) is 12.8 Å². The molecule has 2 atom stereocenters. The van der Waals surface area contributed by atoms with Crippen LogP contribution in [-0.2, 0) is 18.9 Å². The van der Waals surface area contributed by atoms with E-state index in [1.165, 1.54) is 0 Å². The number of carbonyl (C=O) groups excluding carboxylic acids is 2. The molecule has 12 nitrogen and oxygen atoms in total. The van der Waals surface area contributed by atoms with E-state index in [0.717, 1.165) is 0 Å². The number of aliphatic hydroxyl groups is 2. The third kappa shape index (κ3) is 7.01. The number of amides is 2. The van der Waals surface area contributed by atoms with Gasteiger partial charge in [-0.25, -0.2) is 19.4 Å². The van der Waals surface area contributed by atoms with Crippen LogP contribution in [0.15, 0.2) is 0 Å². The molecule has 13 heteroatoms. The maximum Gasteiger partial charge on any atom is 0.396 e. The lowest BCUT2D eigenvalue weighted by molar-refractivity contribution is -0.135. The van der Waals surface area contributed by atoms with Crippen molar-refractivity contribution in [3.8, 4) is 0 Å². The van der Waals surface area contributed by atoms with Gasteiger partial charge in [-0.05, 0) is 0 Å². The molecule has 142 valence electrons. The number of nitrogens with one attached hydrogen (secondary N) is 2. The second-order valence-corrected chi connectivity index (χ2v) is 5.27. The maximum atomic E-state index is 11.4. The maximum absolute atomic E-state index is 11.4. The third-order valence-corrected chi connectivity index (χ3v) is 3.60. The van der Waals surface area contributed by atoms with Crippen molar-refractivity contribution in [2.75, 3.05) is 52.6 Å². The normalized spacial score (nSPS) is 24.1. The zero-order chi connectivity index (χ0) is 18.1. The van der Waals surface area contributed by atoms with Crippen molar-refractivity contribution in [2.24, 2.45) is 0 Å². The highest BCUT2D eigenvalue weighted by molar-refractivity contribution is 6.37. The van der Waals surface area contributed by atoms with E-state index >= 15 is 0 Å². The molecular formula is C12H23BN4O8. The van der Waals surface area contributed by atoms with Crippen LogP contribution >= 0.6 is 0 Å². The van der Waals surface area contributed by atoms with Gasteiger partial charge < -0.3 is 39.6 Å². The second-order valence-electron chi connectivity index (χ2n) is 5.27. The monoisotopic (exact) mass is 362 g/mol. The average molecular weight is 362 g/mol. The van der Waals surface area contributed by atoms with Crippen LogP contribution in [0.4, 0.5) is 9.59 Å². The van der Waals surface area contributed by atoms with Gasteiger partial charge in [-0.2, -0.15) is 0 Å². The minimum Gasteiger partial charge on any atom is -0.449 e. The Labute approximate surface area is 145 Å². The third-order valence-electron chi connectivity index (χ3n) is 3.60. The molecule has 0 aliphatic carbocycles. The summed E-state index contributed by atoms with van der Waals surface area (Å²) in [6, 6.07) is 0. The van der Waals surface area contributed by atoms with Gasteiger partial charge in [0.25, 0.3) is 0 Å². The summed E-state index contributed by atoms with van der Waals surface area (Å²) in [7, 11) is -0.150. The molecule has 0 saturated carbocycles. The fourth-order valence-electron chi connectivity index (χ4n) is 2.23. The molecule has 0 bridgehead atoms. The molecule has 2 rings (SSSR count). The molecule has 0 aromatic heterocycles. The molecule has 0 aromatic rings. The predicted molar refractivity (Wildman–Crippen MR) is 83.2 cm³/mol. The summed E-state index contributed by atoms with van der Waals surface area (Å²) in [6.07, 6.45) is -3.33. The minimum absolute atomic E-state index is 0.0803. The Kier molecular flexibility index (Phi) is 8.17. The molecule has 2 aliphatic rings. The summed E-state index contributed by atoms with van der Waals surface area (Å²) in [4.78, 5) is 26.1. The zero-order valence-corrected chi connectivity index (χ0v) is 13.8. The number of nitrogens with zero attached hydrogens (tertiary/aromatic N) is 2. The summed E-state index contributed by atoms with van der Waals surface area (Å²) >= 11 is 0. The summed E-state index contributed by atoms with van der Waals surface area (Å²) in [5.74, 6) is 0. The van der Waals surface area contributed by atoms with E-state index < -0.39 is 25.0 Å². The molecule has 4 N–H and O–H groups in total. The molecule has 25 heavy (non-hydrogen) atoms. The van der Waals surface area contributed by atoms with Crippen LogP contribution in [0.3, 0.4) is 0 Å². The number of ether oxygens (including phenoxy) is 4. The molecule has 0 spiro atoms. The largest absolute Gasteiger partial charge is 0.449 e. The van der Waals surface area contributed by atoms with Crippen LogP contribution in [-0.4, -0.2) is 105 Å². The smallest absolute Gasteiger partial charge is 0.396 e. The molecule has 2 amide bonds. The Bertz CT molecular complexity index is 407. The Morgan fingerprint density at radius 1 is 0.960 bits per heavy atom. The van der Waals surface area contributed by atoms with Gasteiger partial charge >= 0.3 is 19.7 Å². The van der Waals surface area contributed by atoms with Crippen molar-refractivity contribution in [3.05, 3.63) is 0 Å². The first-order chi connectivity index (χ1) is 12.1. The van der Waals surface area contributed by atoms with E-state index in [1.54, 1.807) is 9.80 Å². The first-order valence-corrected chi connectivity index (χ1v) is 7.95. The molecule has 2 fully saturated rings. The quantitative estimate of drug-likeness (QED) is 0.328. The first kappa shape index (κ1) is 19.7. The fraction of sp³-hybridized carbons (Fsp3) is 0.833. The summed E-state index contributed by atoms with van der Waals surface area (Å²) < 4.78 is 19.6. The van der Waals surface area contributed by atoms with E-state index in [-0.39, 0.29) is 20.8 Å². The van der Waals surface area contributed by atoms with Crippen LogP contribution in [0.25, 0.3) is 0 Å². The summed E-state index contributed by atoms with van der Waals surface area (Å²) in [5.41, 5.74) is 0. The lowest BCUT2D eigenvalue weighted by Gasteiger charge is -2.17. The highest BCUT2D eigenvalue weighted by Gasteiger charge is 2.23. The molecule has 0 aromatic carbocycles. The first-order valence-electron chi connectivity index (χ1n) is 7.95. The van der Waals surface area contributed by atoms with Crippen molar-refractivity contribution in [1.29, 1.82) is 0 Å². The number of hydrogen-bond acceptors (Lipinski definition) is 10. The molecule has 2 unspecified atom stereocenters. The van der Waals surface area contributed by atoms with Gasteiger partial charge in [0.05, 0.1) is 13.2 Å². The molecule has 0 radical (unpaired) electrons. The van der Waals surface area contributed by atoms with Gasteiger partial charge in [0.1, 0.15) is 13.2 Å². The Balaban J connectivity index is 1.44. The SMILES string of the molecule is O=C(NBNC(=O)OCCN1CCOC1O)OCCN1CCOC1O. The minimum atomic E-state index is -0.962. The zero-order valence-electron chi connectivity index (χ0n) is 13.8. The standard InChI is InChI=1S/C12H23BN4O8/c18-9(22-5-1-16-3-7-24-11(16)20)14-13-15-10(19)23-6-2-17-4-8-25-12(17)21/h11-13,20-21H,1-8H2,(H,14,18)(H,15,19). The van der Waals surface area contributed by atoms with Gasteiger partial charge in [0.2, 0.25) is 12.8 Å². The van der Waals surface area contributed by atoms with Crippen LogP contribution in [0.5, 0.6) is 0 Å². The number of hydrogen-bond donors (Lipinski definition) is 4. The van der Waals surface area contributed by atoms with Crippen molar-refractivity contribution in [3.63, 3.8) is 0 Å². The van der Waals surface area contributed by atoms with Gasteiger partial charge in [-0.1, -0.05) is 0 Å². The Morgan fingerprint density at radius 3 is 1.76 bits per heavy atom. The lowest BCUT2D eigenvalue weighted by Crippen LogP contribution is -2.43. The van der Waals surface area contributed by atoms with Crippen LogP contribution in [0.1, 0.15) is 0 Å². The topological polar surface area (TPSA) is 142 Å². The van der Waals surface area contributed by atoms with Crippen molar-refractivity contribution < 1.29 is 38.7 Å². The predicted octanol–water partition coefficient (Wildman–Crippen LogP) is -3.08. The van der Waals surface area contributed by atoms with Gasteiger partial charge in [-0.3, -0.25) is 0 Å². The van der Waals surface area contributed by atoms with Crippen molar-refractivity contribution in [1.82, 2.24) is 20.3 Å². The van der Waals surface area contributed by atoms with E-state index in [0.29, 0.717) is 39.4 Å². The van der Waals surface area contributed by atoms with Crippen LogP contribution in [0, 0.1) is 0 Å². The Hall–Kier alpha value is -1.64. The van der Waals surface area contributed by atoms with Crippen molar-refractivity contribution >= 4 is 19.7 Å². The molecule has 2 heterocycles. The summed E-state index contributed by atoms with van der Waals surface area (Å²) in [5, 5.41) is 23.4. The van der Waals surface area contributed by atoms with E-state index in [2.05, 4.69) is 10.5 Å². The van der Waals surface area contributed by atoms with Gasteiger partial charge in [0.15, 0.2) is 0 Å². The average Bonchev–Trinajstić information content (AvgIpc) is 3.16. The Morgan fingerprint density at radius 2 is 1.40 bits per heavy atom. The van der Waals surface area contributed by atoms with Crippen LogP contribution < -0.4 is 10.5 Å². The lowest BCUT2D eigenvalue weighted by atomic mass is 10.2. The fourth-order valence-corrected chi connectivity index (χ4v) is 2.23. The van der Waals surface area contributed by atoms with E-state index in [1.807, 2.05) is 0 Å². The molecular weight excluding hydrogens is 339 g/mol. The highest BCUT2D eigenvalue weighted by Crippen LogP contribution is 2.06. The summed E-state index contributed by atoms with van der Waals surface area (Å²) in [6.45, 7) is 2.85. The highest BCUT2D eigenvalue weighted by atomic mass is 16.6. The van der Waals surface area contributed by atoms with E-state index in [9.17, 15) is 19.8 Å². The van der Waals surface area contributed by atoms with Crippen LogP contribution in [0.2, 0.25) is 0 Å². The van der Waals surface area contributed by atoms with Gasteiger partial charge in [-0.15, -0.1) is 0 Å². The van der Waals surface area contributed by atoms with E-state index in [4.69, 9.17) is 18.9 Å². The van der Waals surface area contributed by atoms with Gasteiger partial charge in [0, 0.05) is 26.2 Å². The number of carbonyl (C=O) groups is 2. The number of aliphatic hydroxyl groups excluding tert-OH is 2. The number of rotatable bonds is 8. The molecule has 2 aliphatic heterocycles.